The minimum absolute atomic E-state index is 0.336. The molecule has 56 valence electrons. The maximum Gasteiger partial charge on any atom is 0.159 e. The van der Waals surface area contributed by atoms with Gasteiger partial charge in [-0.1, -0.05) is 0 Å². The Morgan fingerprint density at radius 2 is 2.36 bits per heavy atom. The van der Waals surface area contributed by atoms with Gasteiger partial charge in [0.1, 0.15) is 5.82 Å². The Labute approximate surface area is 61.5 Å². The average Bonchev–Trinajstić information content (AvgIpc) is 2.27. The molecule has 2 aromatic rings. The Bertz CT molecular complexity index is 394. The first-order chi connectivity index (χ1) is 5.25. The van der Waals surface area contributed by atoms with Crippen LogP contribution < -0.4 is 5.73 Å². The zero-order valence-corrected chi connectivity index (χ0v) is 5.53. The van der Waals surface area contributed by atoms with Crippen molar-refractivity contribution < 1.29 is 4.39 Å². The van der Waals surface area contributed by atoms with Crippen molar-refractivity contribution in [2.75, 3.05) is 5.73 Å². The summed E-state index contributed by atoms with van der Waals surface area (Å²) in [5, 5.41) is 3.77. The smallest absolute Gasteiger partial charge is 0.159 e. The van der Waals surface area contributed by atoms with Gasteiger partial charge >= 0.3 is 0 Å². The number of nitrogen functional groups attached to an aromatic ring is 1. The Hall–Kier alpha value is -1.65. The van der Waals surface area contributed by atoms with E-state index in [1.165, 1.54) is 10.7 Å². The fraction of sp³-hybridized carbons (Fsp3) is 0. The molecule has 0 aliphatic carbocycles. The van der Waals surface area contributed by atoms with E-state index in [-0.39, 0.29) is 0 Å². The van der Waals surface area contributed by atoms with Gasteiger partial charge < -0.3 is 5.73 Å². The molecule has 0 aromatic carbocycles. The first-order valence-corrected chi connectivity index (χ1v) is 3.02. The normalized spacial score (nSPS) is 10.6. The van der Waals surface area contributed by atoms with E-state index >= 15 is 0 Å². The maximum absolute atomic E-state index is 12.5. The largest absolute Gasteiger partial charge is 0.382 e. The van der Waals surface area contributed by atoms with Crippen LogP contribution in [0.3, 0.4) is 0 Å². The summed E-state index contributed by atoms with van der Waals surface area (Å²) in [5.74, 6) is -0.0938. The fourth-order valence-electron chi connectivity index (χ4n) is 0.872. The summed E-state index contributed by atoms with van der Waals surface area (Å²) in [5.41, 5.74) is 5.89. The third-order valence-electron chi connectivity index (χ3n) is 1.30. The van der Waals surface area contributed by atoms with Crippen LogP contribution in [0, 0.1) is 5.82 Å². The Balaban J connectivity index is 2.82. The van der Waals surface area contributed by atoms with Crippen molar-refractivity contribution >= 4 is 11.5 Å². The molecule has 0 atom stereocenters. The lowest BCUT2D eigenvalue weighted by molar-refractivity contribution is 0.607. The van der Waals surface area contributed by atoms with Gasteiger partial charge in [0.05, 0.1) is 12.4 Å². The van der Waals surface area contributed by atoms with Crippen LogP contribution in [0.15, 0.2) is 18.5 Å². The van der Waals surface area contributed by atoms with E-state index in [4.69, 9.17) is 5.73 Å². The highest BCUT2D eigenvalue weighted by molar-refractivity contribution is 5.46. The van der Waals surface area contributed by atoms with Crippen molar-refractivity contribution in [2.45, 2.75) is 0 Å². The Morgan fingerprint density at radius 3 is 3.18 bits per heavy atom. The van der Waals surface area contributed by atoms with E-state index < -0.39 is 5.82 Å². The number of fused-ring (bicyclic) bond motifs is 1. The lowest BCUT2D eigenvalue weighted by Crippen LogP contribution is -1.91. The van der Waals surface area contributed by atoms with Crippen LogP contribution in [-0.4, -0.2) is 14.6 Å². The standard InChI is InChI=1S/C6H5FN4/c7-4-2-9-6-1-5(8)10-11(6)3-4/h1-3H,(H2,8,10). The van der Waals surface area contributed by atoms with Crippen LogP contribution in [0.25, 0.3) is 5.65 Å². The summed E-state index contributed by atoms with van der Waals surface area (Å²) >= 11 is 0. The molecule has 4 nitrogen and oxygen atoms in total. The summed E-state index contributed by atoms with van der Waals surface area (Å²) in [6.45, 7) is 0. The first-order valence-electron chi connectivity index (χ1n) is 3.02. The van der Waals surface area contributed by atoms with Gasteiger partial charge in [0.2, 0.25) is 0 Å². The summed E-state index contributed by atoms with van der Waals surface area (Å²) in [7, 11) is 0. The molecule has 0 radical (unpaired) electrons. The zero-order valence-electron chi connectivity index (χ0n) is 5.53. The monoisotopic (exact) mass is 152 g/mol. The van der Waals surface area contributed by atoms with Crippen LogP contribution in [-0.2, 0) is 0 Å². The lowest BCUT2D eigenvalue weighted by atomic mass is 10.6. The molecule has 2 N–H and O–H groups in total. The minimum Gasteiger partial charge on any atom is -0.382 e. The number of anilines is 1. The molecule has 5 heteroatoms. The highest BCUT2D eigenvalue weighted by atomic mass is 19.1. The maximum atomic E-state index is 12.5. The van der Waals surface area contributed by atoms with Gasteiger partial charge in [0.25, 0.3) is 0 Å². The summed E-state index contributed by atoms with van der Waals surface area (Å²) in [6, 6.07) is 1.57. The molecule has 0 spiro atoms. The molecule has 0 fully saturated rings. The molecule has 0 amide bonds. The van der Waals surface area contributed by atoms with Crippen molar-refractivity contribution in [1.29, 1.82) is 0 Å². The third-order valence-corrected chi connectivity index (χ3v) is 1.30. The van der Waals surface area contributed by atoms with Crippen LogP contribution in [0.2, 0.25) is 0 Å². The number of hydrogen-bond donors (Lipinski definition) is 1. The van der Waals surface area contributed by atoms with Gasteiger partial charge in [0.15, 0.2) is 11.5 Å². The lowest BCUT2D eigenvalue weighted by Gasteiger charge is -1.89. The number of rotatable bonds is 0. The first kappa shape index (κ1) is 6.09. The van der Waals surface area contributed by atoms with Crippen LogP contribution >= 0.6 is 0 Å². The van der Waals surface area contributed by atoms with Crippen LogP contribution in [0.4, 0.5) is 10.2 Å². The van der Waals surface area contributed by atoms with E-state index in [0.29, 0.717) is 11.5 Å². The Morgan fingerprint density at radius 1 is 1.55 bits per heavy atom. The van der Waals surface area contributed by atoms with E-state index in [2.05, 4.69) is 10.1 Å². The van der Waals surface area contributed by atoms with Crippen LogP contribution in [0.5, 0.6) is 0 Å². The fourth-order valence-corrected chi connectivity index (χ4v) is 0.872. The SMILES string of the molecule is Nc1cc2ncc(F)cn2n1. The van der Waals surface area contributed by atoms with Crippen LogP contribution in [0.1, 0.15) is 0 Å². The van der Waals surface area contributed by atoms with Crippen molar-refractivity contribution in [2.24, 2.45) is 0 Å². The number of halogens is 1. The number of aromatic nitrogens is 3. The van der Waals surface area contributed by atoms with Crippen molar-refractivity contribution in [3.8, 4) is 0 Å². The molecule has 2 heterocycles. The summed E-state index contributed by atoms with van der Waals surface area (Å²) in [6.07, 6.45) is 2.34. The zero-order chi connectivity index (χ0) is 7.84. The van der Waals surface area contributed by atoms with E-state index in [1.807, 2.05) is 0 Å². The van der Waals surface area contributed by atoms with Gasteiger partial charge in [-0.25, -0.2) is 13.9 Å². The van der Waals surface area contributed by atoms with Crippen molar-refractivity contribution in [1.82, 2.24) is 14.6 Å². The van der Waals surface area contributed by atoms with Gasteiger partial charge in [0, 0.05) is 6.07 Å². The molecule has 11 heavy (non-hydrogen) atoms. The van der Waals surface area contributed by atoms with Gasteiger partial charge in [-0.3, -0.25) is 0 Å². The highest BCUT2D eigenvalue weighted by Crippen LogP contribution is 2.04. The second-order valence-corrected chi connectivity index (χ2v) is 2.14. The van der Waals surface area contributed by atoms with Gasteiger partial charge in [-0.15, -0.1) is 5.10 Å². The molecule has 0 saturated heterocycles. The Kier molecular flexibility index (Phi) is 1.06. The molecule has 0 aliphatic rings. The molecular formula is C6H5FN4. The molecule has 0 aliphatic heterocycles. The molecule has 2 rings (SSSR count). The predicted molar refractivity (Wildman–Crippen MR) is 37.4 cm³/mol. The topological polar surface area (TPSA) is 56.2 Å². The van der Waals surface area contributed by atoms with E-state index in [1.54, 1.807) is 6.07 Å². The second kappa shape index (κ2) is 1.91. The molecule has 0 bridgehead atoms. The molecule has 0 unspecified atom stereocenters. The number of nitrogens with zero attached hydrogens (tertiary/aromatic N) is 3. The number of hydrogen-bond acceptors (Lipinski definition) is 3. The summed E-state index contributed by atoms with van der Waals surface area (Å²) < 4.78 is 13.8. The minimum atomic E-state index is -0.430. The highest BCUT2D eigenvalue weighted by Gasteiger charge is 1.98. The van der Waals surface area contributed by atoms with E-state index in [0.717, 1.165) is 6.20 Å². The van der Waals surface area contributed by atoms with E-state index in [9.17, 15) is 4.39 Å². The number of nitrogens with two attached hydrogens (primary N) is 1. The molecule has 2 aromatic heterocycles. The third kappa shape index (κ3) is 0.899. The van der Waals surface area contributed by atoms with Gasteiger partial charge in [-0.2, -0.15) is 0 Å². The van der Waals surface area contributed by atoms with Crippen molar-refractivity contribution in [3.05, 3.63) is 24.3 Å². The second-order valence-electron chi connectivity index (χ2n) is 2.14. The average molecular weight is 152 g/mol. The molecule has 0 saturated carbocycles. The predicted octanol–water partition coefficient (Wildman–Crippen LogP) is 0.451. The quantitative estimate of drug-likeness (QED) is 0.596. The van der Waals surface area contributed by atoms with Crippen molar-refractivity contribution in [3.63, 3.8) is 0 Å². The van der Waals surface area contributed by atoms with Gasteiger partial charge in [-0.05, 0) is 0 Å². The molecular weight excluding hydrogens is 147 g/mol. The summed E-state index contributed by atoms with van der Waals surface area (Å²) in [4.78, 5) is 3.75.